The summed E-state index contributed by atoms with van der Waals surface area (Å²) in [4.78, 5) is 31.2. The monoisotopic (exact) mass is 370 g/mol. The molecule has 0 aliphatic heterocycles. The third kappa shape index (κ3) is 3.52. The lowest BCUT2D eigenvalue weighted by molar-refractivity contribution is -0.142. The van der Waals surface area contributed by atoms with Crippen LogP contribution in [0.4, 0.5) is 0 Å². The number of carbonyl (C=O) groups excluding carboxylic acids is 2. The number of aromatic amines is 1. The van der Waals surface area contributed by atoms with Crippen LogP contribution in [0.5, 0.6) is 0 Å². The minimum Gasteiger partial charge on any atom is -0.352 e. The van der Waals surface area contributed by atoms with Crippen molar-refractivity contribution in [3.8, 4) is 0 Å². The molecule has 4 rings (SSSR count). The number of rotatable bonds is 7. The average Bonchev–Trinajstić information content (AvgIpc) is 3.28. The van der Waals surface area contributed by atoms with E-state index in [0.717, 1.165) is 19.3 Å². The first kappa shape index (κ1) is 17.9. The summed E-state index contributed by atoms with van der Waals surface area (Å²) in [6, 6.07) is 1.81. The molecule has 0 saturated heterocycles. The zero-order valence-electron chi connectivity index (χ0n) is 15.9. The summed E-state index contributed by atoms with van der Waals surface area (Å²) in [5, 5.41) is 13.3. The van der Waals surface area contributed by atoms with Crippen molar-refractivity contribution >= 4 is 23.0 Å². The molecule has 2 aliphatic carbocycles. The van der Waals surface area contributed by atoms with Crippen LogP contribution < -0.4 is 5.32 Å². The molecular weight excluding hydrogens is 344 g/mol. The Balaban J connectivity index is 1.27. The van der Waals surface area contributed by atoms with Crippen molar-refractivity contribution in [1.82, 2.24) is 30.6 Å². The van der Waals surface area contributed by atoms with Gasteiger partial charge in [-0.3, -0.25) is 9.59 Å². The maximum Gasteiger partial charge on any atom is 0.253 e. The molecule has 8 heteroatoms. The average molecular weight is 370 g/mol. The van der Waals surface area contributed by atoms with Gasteiger partial charge >= 0.3 is 0 Å². The van der Waals surface area contributed by atoms with Gasteiger partial charge in [0.05, 0.1) is 5.56 Å². The number of carbonyl (C=O) groups is 2. The molecular formula is C19H26N6O2. The number of aromatic nitrogens is 4. The molecule has 0 bridgehead atoms. The van der Waals surface area contributed by atoms with Gasteiger partial charge in [-0.1, -0.05) is 0 Å². The molecule has 1 spiro atoms. The summed E-state index contributed by atoms with van der Waals surface area (Å²) < 4.78 is 0. The largest absolute Gasteiger partial charge is 0.352 e. The first-order chi connectivity index (χ1) is 13.0. The van der Waals surface area contributed by atoms with E-state index in [1.807, 2.05) is 4.90 Å². The zero-order valence-corrected chi connectivity index (χ0v) is 15.9. The SMILES string of the molecule is CC(C)N(CCCNC(=O)c1ccnc2n[nH]nc12)C(=O)C1CC2(CC2)C1. The second kappa shape index (κ2) is 6.90. The second-order valence-electron chi connectivity index (χ2n) is 8.19. The predicted octanol–water partition coefficient (Wildman–Crippen LogP) is 1.90. The number of hydrogen-bond donors (Lipinski definition) is 2. The molecule has 0 radical (unpaired) electrons. The van der Waals surface area contributed by atoms with Crippen molar-refractivity contribution in [1.29, 1.82) is 0 Å². The van der Waals surface area contributed by atoms with E-state index in [1.54, 1.807) is 12.3 Å². The molecule has 27 heavy (non-hydrogen) atoms. The Morgan fingerprint density at radius 2 is 2.11 bits per heavy atom. The van der Waals surface area contributed by atoms with Gasteiger partial charge in [0.2, 0.25) is 11.6 Å². The van der Waals surface area contributed by atoms with Crippen LogP contribution in [0.15, 0.2) is 12.3 Å². The molecule has 8 nitrogen and oxygen atoms in total. The minimum absolute atomic E-state index is 0.180. The van der Waals surface area contributed by atoms with Gasteiger partial charge in [0.15, 0.2) is 0 Å². The van der Waals surface area contributed by atoms with E-state index in [1.165, 1.54) is 12.8 Å². The van der Waals surface area contributed by atoms with E-state index in [9.17, 15) is 9.59 Å². The van der Waals surface area contributed by atoms with E-state index >= 15 is 0 Å². The molecule has 2 N–H and O–H groups in total. The van der Waals surface area contributed by atoms with Crippen molar-refractivity contribution in [2.45, 2.75) is 52.0 Å². The van der Waals surface area contributed by atoms with Crippen molar-refractivity contribution < 1.29 is 9.59 Å². The van der Waals surface area contributed by atoms with Gasteiger partial charge in [-0.15, -0.1) is 5.10 Å². The van der Waals surface area contributed by atoms with Gasteiger partial charge in [0, 0.05) is 31.2 Å². The van der Waals surface area contributed by atoms with Crippen LogP contribution in [0, 0.1) is 11.3 Å². The third-order valence-electron chi connectivity index (χ3n) is 5.90. The van der Waals surface area contributed by atoms with Crippen LogP contribution in [0.1, 0.15) is 56.3 Å². The lowest BCUT2D eigenvalue weighted by atomic mass is 9.71. The quantitative estimate of drug-likeness (QED) is 0.725. The van der Waals surface area contributed by atoms with Gasteiger partial charge in [-0.05, 0) is 57.4 Å². The lowest BCUT2D eigenvalue weighted by Gasteiger charge is -2.39. The highest BCUT2D eigenvalue weighted by atomic mass is 16.2. The first-order valence-electron chi connectivity index (χ1n) is 9.73. The Labute approximate surface area is 158 Å². The maximum absolute atomic E-state index is 12.8. The van der Waals surface area contributed by atoms with Crippen molar-refractivity contribution in [3.63, 3.8) is 0 Å². The predicted molar refractivity (Wildman–Crippen MR) is 99.9 cm³/mol. The maximum atomic E-state index is 12.8. The van der Waals surface area contributed by atoms with Gasteiger partial charge < -0.3 is 10.2 Å². The fraction of sp³-hybridized carbons (Fsp3) is 0.632. The van der Waals surface area contributed by atoms with Crippen molar-refractivity contribution in [2.24, 2.45) is 11.3 Å². The summed E-state index contributed by atoms with van der Waals surface area (Å²) in [5.74, 6) is 0.294. The fourth-order valence-electron chi connectivity index (χ4n) is 4.09. The number of amides is 2. The highest BCUT2D eigenvalue weighted by molar-refractivity contribution is 6.03. The minimum atomic E-state index is -0.201. The Bertz CT molecular complexity index is 849. The van der Waals surface area contributed by atoms with Gasteiger partial charge in [0.25, 0.3) is 5.91 Å². The van der Waals surface area contributed by atoms with Gasteiger partial charge in [0.1, 0.15) is 5.52 Å². The lowest BCUT2D eigenvalue weighted by Crippen LogP contribution is -2.46. The Kier molecular flexibility index (Phi) is 4.57. The second-order valence-corrected chi connectivity index (χ2v) is 8.19. The summed E-state index contributed by atoms with van der Waals surface area (Å²) in [6.07, 6.45) is 7.02. The summed E-state index contributed by atoms with van der Waals surface area (Å²) >= 11 is 0. The molecule has 0 unspecified atom stereocenters. The Hall–Kier alpha value is -2.51. The molecule has 2 saturated carbocycles. The van der Waals surface area contributed by atoms with Gasteiger partial charge in [-0.25, -0.2) is 4.98 Å². The van der Waals surface area contributed by atoms with E-state index in [-0.39, 0.29) is 23.8 Å². The molecule has 2 fully saturated rings. The topological polar surface area (TPSA) is 104 Å². The number of nitrogens with one attached hydrogen (secondary N) is 2. The molecule has 0 aromatic carbocycles. The van der Waals surface area contributed by atoms with Crippen LogP contribution in [0.3, 0.4) is 0 Å². The molecule has 0 atom stereocenters. The van der Waals surface area contributed by atoms with E-state index < -0.39 is 0 Å². The van der Waals surface area contributed by atoms with E-state index in [2.05, 4.69) is 39.6 Å². The number of hydrogen-bond acceptors (Lipinski definition) is 5. The number of fused-ring (bicyclic) bond motifs is 1. The number of nitrogens with zero attached hydrogens (tertiary/aromatic N) is 4. The summed E-state index contributed by atoms with van der Waals surface area (Å²) in [7, 11) is 0. The molecule has 2 aromatic heterocycles. The van der Waals surface area contributed by atoms with E-state index in [4.69, 9.17) is 0 Å². The summed E-state index contributed by atoms with van der Waals surface area (Å²) in [5.41, 5.74) is 1.88. The smallest absolute Gasteiger partial charge is 0.253 e. The van der Waals surface area contributed by atoms with Crippen molar-refractivity contribution in [3.05, 3.63) is 17.8 Å². The Morgan fingerprint density at radius 1 is 1.33 bits per heavy atom. The highest BCUT2D eigenvalue weighted by Crippen LogP contribution is 2.63. The Morgan fingerprint density at radius 3 is 2.81 bits per heavy atom. The highest BCUT2D eigenvalue weighted by Gasteiger charge is 2.55. The first-order valence-corrected chi connectivity index (χ1v) is 9.73. The standard InChI is InChI=1S/C19H26N6O2/c1-12(2)25(18(27)13-10-19(11-13)5-6-19)9-3-7-21-17(26)14-4-8-20-16-15(14)22-24-23-16/h4,8,12-13H,3,5-7,9-11H2,1-2H3,(H,21,26)(H,20,22,23,24). The molecule has 2 aliphatic rings. The van der Waals surface area contributed by atoms with E-state index in [0.29, 0.717) is 35.2 Å². The van der Waals surface area contributed by atoms with Crippen LogP contribution >= 0.6 is 0 Å². The van der Waals surface area contributed by atoms with Crippen LogP contribution in [-0.2, 0) is 4.79 Å². The van der Waals surface area contributed by atoms with Crippen LogP contribution in [0.25, 0.3) is 11.2 Å². The molecule has 2 heterocycles. The fourth-order valence-corrected chi connectivity index (χ4v) is 4.09. The normalized spacial score (nSPS) is 17.9. The number of pyridine rings is 1. The molecule has 2 amide bonds. The van der Waals surface area contributed by atoms with Crippen molar-refractivity contribution in [2.75, 3.05) is 13.1 Å². The molecule has 2 aromatic rings. The van der Waals surface area contributed by atoms with Crippen LogP contribution in [-0.4, -0.2) is 56.2 Å². The number of H-pyrrole nitrogens is 1. The summed E-state index contributed by atoms with van der Waals surface area (Å²) in [6.45, 7) is 5.28. The zero-order chi connectivity index (χ0) is 19.0. The molecule has 144 valence electrons. The third-order valence-corrected chi connectivity index (χ3v) is 5.90. The van der Waals surface area contributed by atoms with Crippen LogP contribution in [0.2, 0.25) is 0 Å². The van der Waals surface area contributed by atoms with Gasteiger partial charge in [-0.2, -0.15) is 10.3 Å².